The van der Waals surface area contributed by atoms with Crippen molar-refractivity contribution < 1.29 is 14.0 Å². The summed E-state index contributed by atoms with van der Waals surface area (Å²) in [5.41, 5.74) is 5.90. The van der Waals surface area contributed by atoms with Gasteiger partial charge in [0.15, 0.2) is 0 Å². The van der Waals surface area contributed by atoms with Gasteiger partial charge in [-0.3, -0.25) is 9.59 Å². The molecule has 2 atom stereocenters. The first kappa shape index (κ1) is 15.0. The molecule has 1 aromatic carbocycles. The lowest BCUT2D eigenvalue weighted by Crippen LogP contribution is -2.45. The number of carbonyl (C=O) groups is 2. The number of nitrogens with zero attached hydrogens (tertiary/aromatic N) is 1. The van der Waals surface area contributed by atoms with Gasteiger partial charge in [-0.25, -0.2) is 4.39 Å². The van der Waals surface area contributed by atoms with Crippen LogP contribution in [0.3, 0.4) is 0 Å². The van der Waals surface area contributed by atoms with E-state index in [4.69, 9.17) is 5.73 Å². The number of hydrogen-bond acceptors (Lipinski definition) is 2. The second kappa shape index (κ2) is 6.07. The zero-order valence-corrected chi connectivity index (χ0v) is 12.5. The SMILES string of the molecule is NC(=O)CN(C(=O)[C@@H]1C[C@H]1c1ccccc1F)C1CCCC1. The van der Waals surface area contributed by atoms with Crippen LogP contribution in [0.5, 0.6) is 0 Å². The van der Waals surface area contributed by atoms with Crippen LogP contribution in [0.25, 0.3) is 0 Å². The van der Waals surface area contributed by atoms with Crippen LogP contribution in [-0.2, 0) is 9.59 Å². The molecule has 1 aromatic rings. The van der Waals surface area contributed by atoms with Crippen molar-refractivity contribution in [2.24, 2.45) is 11.7 Å². The highest BCUT2D eigenvalue weighted by atomic mass is 19.1. The van der Waals surface area contributed by atoms with Gasteiger partial charge in [0.1, 0.15) is 5.82 Å². The van der Waals surface area contributed by atoms with Gasteiger partial charge >= 0.3 is 0 Å². The highest BCUT2D eigenvalue weighted by Gasteiger charge is 2.48. The number of nitrogens with two attached hydrogens (primary N) is 1. The summed E-state index contributed by atoms with van der Waals surface area (Å²) in [7, 11) is 0. The molecule has 2 aliphatic rings. The van der Waals surface area contributed by atoms with Crippen LogP contribution >= 0.6 is 0 Å². The van der Waals surface area contributed by atoms with Crippen molar-refractivity contribution in [1.29, 1.82) is 0 Å². The molecular formula is C17H21FN2O2. The van der Waals surface area contributed by atoms with Crippen LogP contribution in [0.1, 0.15) is 43.6 Å². The number of rotatable bonds is 5. The summed E-state index contributed by atoms with van der Waals surface area (Å²) < 4.78 is 13.8. The molecule has 2 amide bonds. The van der Waals surface area contributed by atoms with Gasteiger partial charge < -0.3 is 10.6 Å². The molecule has 0 aliphatic heterocycles. The summed E-state index contributed by atoms with van der Waals surface area (Å²) in [4.78, 5) is 25.6. The first-order valence-corrected chi connectivity index (χ1v) is 7.91. The van der Waals surface area contributed by atoms with E-state index >= 15 is 0 Å². The lowest BCUT2D eigenvalue weighted by molar-refractivity contribution is -0.138. The maximum atomic E-state index is 13.8. The quantitative estimate of drug-likeness (QED) is 0.906. The van der Waals surface area contributed by atoms with Crippen LogP contribution in [-0.4, -0.2) is 29.3 Å². The molecule has 2 fully saturated rings. The van der Waals surface area contributed by atoms with E-state index in [-0.39, 0.29) is 36.1 Å². The average Bonchev–Trinajstić information content (AvgIpc) is 3.09. The summed E-state index contributed by atoms with van der Waals surface area (Å²) in [6.07, 6.45) is 4.66. The molecule has 2 N–H and O–H groups in total. The number of amides is 2. The van der Waals surface area contributed by atoms with E-state index in [1.54, 1.807) is 23.1 Å². The van der Waals surface area contributed by atoms with Crippen molar-refractivity contribution in [3.63, 3.8) is 0 Å². The van der Waals surface area contributed by atoms with E-state index in [1.807, 2.05) is 0 Å². The molecular weight excluding hydrogens is 283 g/mol. The minimum atomic E-state index is -0.483. The van der Waals surface area contributed by atoms with Gasteiger partial charge in [-0.15, -0.1) is 0 Å². The van der Waals surface area contributed by atoms with Crippen molar-refractivity contribution in [2.75, 3.05) is 6.54 Å². The van der Waals surface area contributed by atoms with Crippen LogP contribution in [0, 0.1) is 11.7 Å². The summed E-state index contributed by atoms with van der Waals surface area (Å²) in [6.45, 7) is -0.0238. The molecule has 3 rings (SSSR count). The van der Waals surface area contributed by atoms with E-state index in [9.17, 15) is 14.0 Å². The molecule has 2 saturated carbocycles. The van der Waals surface area contributed by atoms with Crippen LogP contribution in [0.2, 0.25) is 0 Å². The first-order valence-electron chi connectivity index (χ1n) is 7.91. The third-order valence-electron chi connectivity index (χ3n) is 4.79. The monoisotopic (exact) mass is 304 g/mol. The molecule has 0 saturated heterocycles. The van der Waals surface area contributed by atoms with Crippen molar-refractivity contribution in [1.82, 2.24) is 4.90 Å². The highest BCUT2D eigenvalue weighted by molar-refractivity contribution is 5.87. The number of hydrogen-bond donors (Lipinski definition) is 1. The Morgan fingerprint density at radius 1 is 1.23 bits per heavy atom. The maximum absolute atomic E-state index is 13.8. The predicted molar refractivity (Wildman–Crippen MR) is 80.4 cm³/mol. The molecule has 2 aliphatic carbocycles. The minimum Gasteiger partial charge on any atom is -0.368 e. The molecule has 0 heterocycles. The van der Waals surface area contributed by atoms with Gasteiger partial charge in [-0.1, -0.05) is 31.0 Å². The van der Waals surface area contributed by atoms with Gasteiger partial charge in [-0.2, -0.15) is 0 Å². The minimum absolute atomic E-state index is 0.0238. The zero-order chi connectivity index (χ0) is 15.7. The van der Waals surface area contributed by atoms with Gasteiger partial charge in [0.2, 0.25) is 11.8 Å². The first-order chi connectivity index (χ1) is 10.6. The second-order valence-corrected chi connectivity index (χ2v) is 6.34. The molecule has 0 spiro atoms. The second-order valence-electron chi connectivity index (χ2n) is 6.34. The van der Waals surface area contributed by atoms with Crippen LogP contribution in [0.4, 0.5) is 4.39 Å². The molecule has 0 radical (unpaired) electrons. The van der Waals surface area contributed by atoms with Gasteiger partial charge in [-0.05, 0) is 36.8 Å². The number of benzene rings is 1. The fraction of sp³-hybridized carbons (Fsp3) is 0.529. The van der Waals surface area contributed by atoms with Crippen molar-refractivity contribution >= 4 is 11.8 Å². The summed E-state index contributed by atoms with van der Waals surface area (Å²) in [6, 6.07) is 6.71. The molecule has 0 bridgehead atoms. The summed E-state index contributed by atoms with van der Waals surface area (Å²) >= 11 is 0. The Bertz CT molecular complexity index is 584. The molecule has 22 heavy (non-hydrogen) atoms. The van der Waals surface area contributed by atoms with Gasteiger partial charge in [0.25, 0.3) is 0 Å². The van der Waals surface area contributed by atoms with Gasteiger partial charge in [0, 0.05) is 12.0 Å². The van der Waals surface area contributed by atoms with Crippen LogP contribution in [0.15, 0.2) is 24.3 Å². The molecule has 118 valence electrons. The van der Waals surface area contributed by atoms with Gasteiger partial charge in [0.05, 0.1) is 6.54 Å². The highest BCUT2D eigenvalue weighted by Crippen LogP contribution is 2.49. The molecule has 5 heteroatoms. The Labute approximate surface area is 129 Å². The lowest BCUT2D eigenvalue weighted by Gasteiger charge is -2.28. The fourth-order valence-corrected chi connectivity index (χ4v) is 3.57. The third kappa shape index (κ3) is 2.98. The number of halogens is 1. The maximum Gasteiger partial charge on any atom is 0.237 e. The van der Waals surface area contributed by atoms with E-state index in [0.29, 0.717) is 12.0 Å². The average molecular weight is 304 g/mol. The Hall–Kier alpha value is -1.91. The van der Waals surface area contributed by atoms with Crippen LogP contribution < -0.4 is 5.73 Å². The van der Waals surface area contributed by atoms with E-state index in [1.165, 1.54) is 6.07 Å². The smallest absolute Gasteiger partial charge is 0.237 e. The lowest BCUT2D eigenvalue weighted by atomic mass is 10.1. The number of primary amides is 1. The zero-order valence-electron chi connectivity index (χ0n) is 12.5. The van der Waals surface area contributed by atoms with E-state index < -0.39 is 5.91 Å². The fourth-order valence-electron chi connectivity index (χ4n) is 3.57. The summed E-state index contributed by atoms with van der Waals surface area (Å²) in [5.74, 6) is -1.06. The number of carbonyl (C=O) groups excluding carboxylic acids is 2. The molecule has 0 unspecified atom stereocenters. The predicted octanol–water partition coefficient (Wildman–Crippen LogP) is 2.19. The summed E-state index contributed by atoms with van der Waals surface area (Å²) in [5, 5.41) is 0. The van der Waals surface area contributed by atoms with E-state index in [0.717, 1.165) is 25.7 Å². The molecule has 0 aromatic heterocycles. The Balaban J connectivity index is 1.72. The van der Waals surface area contributed by atoms with Crippen molar-refractivity contribution in [3.05, 3.63) is 35.6 Å². The Morgan fingerprint density at radius 2 is 1.91 bits per heavy atom. The largest absolute Gasteiger partial charge is 0.368 e. The van der Waals surface area contributed by atoms with E-state index in [2.05, 4.69) is 0 Å². The van der Waals surface area contributed by atoms with Crippen molar-refractivity contribution in [3.8, 4) is 0 Å². The normalized spacial score (nSPS) is 24.2. The molecule has 4 nitrogen and oxygen atoms in total. The topological polar surface area (TPSA) is 63.4 Å². The Kier molecular flexibility index (Phi) is 4.14. The van der Waals surface area contributed by atoms with Crippen molar-refractivity contribution in [2.45, 2.75) is 44.1 Å². The Morgan fingerprint density at radius 3 is 2.55 bits per heavy atom. The standard InChI is InChI=1S/C17H21FN2O2/c18-15-8-4-3-7-12(15)13-9-14(13)17(22)20(10-16(19)21)11-5-1-2-6-11/h3-4,7-8,11,13-14H,1-2,5-6,9-10H2,(H2,19,21)/t13-,14+/m0/s1. The third-order valence-corrected chi connectivity index (χ3v) is 4.79.